The number of likely N-dealkylation sites (tertiary alicyclic amines) is 1. The highest BCUT2D eigenvalue weighted by molar-refractivity contribution is 5.93. The number of anilines is 1. The maximum atomic E-state index is 12.2. The molecule has 1 aromatic rings. The van der Waals surface area contributed by atoms with Gasteiger partial charge in [0.05, 0.1) is 17.8 Å². The van der Waals surface area contributed by atoms with Gasteiger partial charge < -0.3 is 10.2 Å². The smallest absolute Gasteiger partial charge is 0.229 e. The summed E-state index contributed by atoms with van der Waals surface area (Å²) in [4.78, 5) is 30.2. The molecule has 5 heteroatoms. The number of pyridine rings is 1. The van der Waals surface area contributed by atoms with Gasteiger partial charge in [-0.2, -0.15) is 0 Å². The number of rotatable bonds is 3. The van der Waals surface area contributed by atoms with E-state index in [1.54, 1.807) is 18.5 Å². The Morgan fingerprint density at radius 1 is 1.25 bits per heavy atom. The van der Waals surface area contributed by atoms with E-state index in [2.05, 4.69) is 10.3 Å². The van der Waals surface area contributed by atoms with Gasteiger partial charge in [-0.1, -0.05) is 0 Å². The molecule has 1 N–H and O–H groups in total. The standard InChI is InChI=1S/C15H19N3O2/c19-14(17-13-4-1-7-16-9-13)12-3-2-8-18(10-12)15(20)11-5-6-11/h1,4,7,9,11-12H,2-3,5-6,8,10H2,(H,17,19)/t12-/m1/s1. The molecule has 0 bridgehead atoms. The SMILES string of the molecule is O=C(Nc1cccnc1)[C@@H]1CCCN(C(=O)C2CC2)C1. The van der Waals surface area contributed by atoms with Crippen LogP contribution in [0.5, 0.6) is 0 Å². The zero-order valence-electron chi connectivity index (χ0n) is 11.4. The lowest BCUT2D eigenvalue weighted by Crippen LogP contribution is -2.44. The van der Waals surface area contributed by atoms with E-state index in [0.29, 0.717) is 12.2 Å². The predicted molar refractivity (Wildman–Crippen MR) is 74.9 cm³/mol. The highest BCUT2D eigenvalue weighted by atomic mass is 16.2. The van der Waals surface area contributed by atoms with Gasteiger partial charge in [0.2, 0.25) is 11.8 Å². The van der Waals surface area contributed by atoms with Gasteiger partial charge in [0.1, 0.15) is 0 Å². The van der Waals surface area contributed by atoms with Crippen molar-refractivity contribution in [2.75, 3.05) is 18.4 Å². The monoisotopic (exact) mass is 273 g/mol. The summed E-state index contributed by atoms with van der Waals surface area (Å²) in [5.74, 6) is 0.358. The number of carbonyl (C=O) groups is 2. The molecule has 106 valence electrons. The Morgan fingerprint density at radius 3 is 2.80 bits per heavy atom. The second-order valence-electron chi connectivity index (χ2n) is 5.63. The highest BCUT2D eigenvalue weighted by Crippen LogP contribution is 2.32. The topological polar surface area (TPSA) is 62.3 Å². The van der Waals surface area contributed by atoms with Crippen molar-refractivity contribution in [3.63, 3.8) is 0 Å². The normalized spacial score (nSPS) is 22.4. The van der Waals surface area contributed by atoms with Gasteiger partial charge in [-0.3, -0.25) is 14.6 Å². The third-order valence-corrected chi connectivity index (χ3v) is 3.96. The van der Waals surface area contributed by atoms with E-state index in [1.165, 1.54) is 0 Å². The average molecular weight is 273 g/mol. The van der Waals surface area contributed by atoms with Crippen molar-refractivity contribution in [3.05, 3.63) is 24.5 Å². The maximum absolute atomic E-state index is 12.2. The van der Waals surface area contributed by atoms with Crippen LogP contribution in [0.3, 0.4) is 0 Å². The van der Waals surface area contributed by atoms with E-state index >= 15 is 0 Å². The van der Waals surface area contributed by atoms with Crippen LogP contribution >= 0.6 is 0 Å². The van der Waals surface area contributed by atoms with Gasteiger partial charge in [0, 0.05) is 25.2 Å². The van der Waals surface area contributed by atoms with Crippen LogP contribution in [0.4, 0.5) is 5.69 Å². The van der Waals surface area contributed by atoms with Crippen LogP contribution in [0.2, 0.25) is 0 Å². The lowest BCUT2D eigenvalue weighted by Gasteiger charge is -2.32. The van der Waals surface area contributed by atoms with E-state index in [9.17, 15) is 9.59 Å². The molecule has 1 aromatic heterocycles. The molecule has 0 unspecified atom stereocenters. The van der Waals surface area contributed by atoms with Crippen LogP contribution < -0.4 is 5.32 Å². The highest BCUT2D eigenvalue weighted by Gasteiger charge is 2.36. The summed E-state index contributed by atoms with van der Waals surface area (Å²) in [6.45, 7) is 1.35. The van der Waals surface area contributed by atoms with Crippen LogP contribution in [-0.4, -0.2) is 34.8 Å². The molecule has 0 aromatic carbocycles. The average Bonchev–Trinajstić information content (AvgIpc) is 3.32. The van der Waals surface area contributed by atoms with Crippen molar-refractivity contribution < 1.29 is 9.59 Å². The molecule has 1 aliphatic carbocycles. The molecule has 2 heterocycles. The fraction of sp³-hybridized carbons (Fsp3) is 0.533. The molecule has 2 aliphatic rings. The molecular weight excluding hydrogens is 254 g/mol. The first-order valence-corrected chi connectivity index (χ1v) is 7.24. The molecule has 20 heavy (non-hydrogen) atoms. The number of amides is 2. The number of hydrogen-bond acceptors (Lipinski definition) is 3. The van der Waals surface area contributed by atoms with Crippen molar-refractivity contribution in [3.8, 4) is 0 Å². The molecule has 1 atom stereocenters. The van der Waals surface area contributed by atoms with Gasteiger partial charge in [-0.15, -0.1) is 0 Å². The Hall–Kier alpha value is -1.91. The third kappa shape index (κ3) is 2.98. The molecular formula is C15H19N3O2. The Morgan fingerprint density at radius 2 is 2.10 bits per heavy atom. The number of piperidine rings is 1. The first kappa shape index (κ1) is 13.1. The van der Waals surface area contributed by atoms with Gasteiger partial charge in [0.15, 0.2) is 0 Å². The van der Waals surface area contributed by atoms with Gasteiger partial charge in [-0.05, 0) is 37.8 Å². The van der Waals surface area contributed by atoms with Crippen LogP contribution in [-0.2, 0) is 9.59 Å². The summed E-state index contributed by atoms with van der Waals surface area (Å²) >= 11 is 0. The Labute approximate surface area is 118 Å². The first-order chi connectivity index (χ1) is 9.74. The second kappa shape index (κ2) is 5.61. The number of nitrogens with one attached hydrogen (secondary N) is 1. The zero-order chi connectivity index (χ0) is 13.9. The summed E-state index contributed by atoms with van der Waals surface area (Å²) < 4.78 is 0. The van der Waals surface area contributed by atoms with E-state index in [4.69, 9.17) is 0 Å². The molecule has 0 spiro atoms. The quantitative estimate of drug-likeness (QED) is 0.911. The van der Waals surface area contributed by atoms with Crippen molar-refractivity contribution in [1.82, 2.24) is 9.88 Å². The van der Waals surface area contributed by atoms with Crippen LogP contribution in [0.1, 0.15) is 25.7 Å². The molecule has 1 saturated carbocycles. The van der Waals surface area contributed by atoms with Crippen molar-refractivity contribution in [1.29, 1.82) is 0 Å². The summed E-state index contributed by atoms with van der Waals surface area (Å²) in [5.41, 5.74) is 0.711. The van der Waals surface area contributed by atoms with E-state index in [0.717, 1.165) is 32.2 Å². The fourth-order valence-electron chi connectivity index (χ4n) is 2.66. The van der Waals surface area contributed by atoms with Crippen LogP contribution in [0.25, 0.3) is 0 Å². The molecule has 5 nitrogen and oxygen atoms in total. The Bertz CT molecular complexity index is 499. The Balaban J connectivity index is 1.58. The minimum Gasteiger partial charge on any atom is -0.342 e. The zero-order valence-corrected chi connectivity index (χ0v) is 11.4. The van der Waals surface area contributed by atoms with E-state index in [-0.39, 0.29) is 23.7 Å². The number of aromatic nitrogens is 1. The van der Waals surface area contributed by atoms with Crippen molar-refractivity contribution in [2.45, 2.75) is 25.7 Å². The van der Waals surface area contributed by atoms with Gasteiger partial charge in [-0.25, -0.2) is 0 Å². The largest absolute Gasteiger partial charge is 0.342 e. The molecule has 0 radical (unpaired) electrons. The predicted octanol–water partition coefficient (Wildman–Crippen LogP) is 1.67. The molecule has 2 amide bonds. The summed E-state index contributed by atoms with van der Waals surface area (Å²) in [7, 11) is 0. The maximum Gasteiger partial charge on any atom is 0.229 e. The number of nitrogens with zero attached hydrogens (tertiary/aromatic N) is 2. The number of hydrogen-bond donors (Lipinski definition) is 1. The van der Waals surface area contributed by atoms with E-state index < -0.39 is 0 Å². The fourth-order valence-corrected chi connectivity index (χ4v) is 2.66. The minimum atomic E-state index is -0.105. The van der Waals surface area contributed by atoms with Crippen molar-refractivity contribution in [2.24, 2.45) is 11.8 Å². The number of carbonyl (C=O) groups excluding carboxylic acids is 2. The first-order valence-electron chi connectivity index (χ1n) is 7.24. The van der Waals surface area contributed by atoms with E-state index in [1.807, 2.05) is 11.0 Å². The molecule has 3 rings (SSSR count). The summed E-state index contributed by atoms with van der Waals surface area (Å²) in [6.07, 6.45) is 7.09. The third-order valence-electron chi connectivity index (χ3n) is 3.96. The van der Waals surface area contributed by atoms with Gasteiger partial charge >= 0.3 is 0 Å². The lowest BCUT2D eigenvalue weighted by atomic mass is 9.96. The van der Waals surface area contributed by atoms with Gasteiger partial charge in [0.25, 0.3) is 0 Å². The lowest BCUT2D eigenvalue weighted by molar-refractivity contribution is -0.135. The van der Waals surface area contributed by atoms with Crippen molar-refractivity contribution >= 4 is 17.5 Å². The Kier molecular flexibility index (Phi) is 3.67. The molecule has 1 aliphatic heterocycles. The summed E-state index contributed by atoms with van der Waals surface area (Å²) in [6, 6.07) is 3.61. The molecule has 2 fully saturated rings. The van der Waals surface area contributed by atoms with Crippen LogP contribution in [0, 0.1) is 11.8 Å². The summed E-state index contributed by atoms with van der Waals surface area (Å²) in [5, 5.41) is 2.88. The van der Waals surface area contributed by atoms with Crippen LogP contribution in [0.15, 0.2) is 24.5 Å². The second-order valence-corrected chi connectivity index (χ2v) is 5.63. The molecule has 1 saturated heterocycles. The minimum absolute atomic E-state index is 0.00806.